The maximum atomic E-state index is 12.0. The van der Waals surface area contributed by atoms with Crippen LogP contribution in [0.25, 0.3) is 0 Å². The molecule has 12 heteroatoms. The normalized spacial score (nSPS) is 12.3. The fraction of sp³-hybridized carbons (Fsp3) is 0.833. The minimum atomic E-state index is -1.19. The van der Waals surface area contributed by atoms with Gasteiger partial charge in [0.15, 0.2) is 0 Å². The van der Waals surface area contributed by atoms with Crippen molar-refractivity contribution >= 4 is 23.7 Å². The Morgan fingerprint density at radius 3 is 1.83 bits per heavy atom. The van der Waals surface area contributed by atoms with E-state index in [1.165, 1.54) is 0 Å². The molecule has 0 spiro atoms. The van der Waals surface area contributed by atoms with Crippen molar-refractivity contribution in [2.24, 2.45) is 11.3 Å². The third-order valence-corrected chi connectivity index (χ3v) is 4.51. The van der Waals surface area contributed by atoms with Gasteiger partial charge in [-0.25, -0.2) is 4.79 Å². The van der Waals surface area contributed by atoms with Gasteiger partial charge >= 0.3 is 5.97 Å². The van der Waals surface area contributed by atoms with Crippen LogP contribution in [-0.2, 0) is 38.1 Å². The van der Waals surface area contributed by atoms with Crippen LogP contribution in [0.15, 0.2) is 0 Å². The second-order valence-corrected chi connectivity index (χ2v) is 9.60. The number of aliphatic carboxylic acids is 1. The summed E-state index contributed by atoms with van der Waals surface area (Å²) >= 11 is 0. The molecule has 0 aromatic carbocycles. The highest BCUT2D eigenvalue weighted by molar-refractivity contribution is 5.87. The summed E-state index contributed by atoms with van der Waals surface area (Å²) in [6.45, 7) is 12.6. The molecule has 0 rings (SSSR count). The first-order valence-corrected chi connectivity index (χ1v) is 12.3. The van der Waals surface area contributed by atoms with Gasteiger partial charge in [0.25, 0.3) is 0 Å². The Kier molecular flexibility index (Phi) is 18.6. The lowest BCUT2D eigenvalue weighted by Gasteiger charge is -2.21. The number of ether oxygens (including phenoxy) is 4. The largest absolute Gasteiger partial charge is 0.480 e. The number of carboxylic acid groups (broad SMARTS) is 1. The highest BCUT2D eigenvalue weighted by Crippen LogP contribution is 2.13. The van der Waals surface area contributed by atoms with Crippen molar-refractivity contribution in [3.63, 3.8) is 0 Å². The average molecular weight is 520 g/mol. The highest BCUT2D eigenvalue weighted by Gasteiger charge is 2.27. The molecular weight excluding hydrogens is 474 g/mol. The second kappa shape index (κ2) is 19.9. The van der Waals surface area contributed by atoms with Gasteiger partial charge in [-0.05, 0) is 12.3 Å². The molecule has 0 aliphatic carbocycles. The molecule has 1 atom stereocenters. The smallest absolute Gasteiger partial charge is 0.326 e. The highest BCUT2D eigenvalue weighted by atomic mass is 16.5. The van der Waals surface area contributed by atoms with Crippen molar-refractivity contribution in [1.82, 2.24) is 16.0 Å². The fourth-order valence-corrected chi connectivity index (χ4v) is 2.50. The molecule has 0 aromatic heterocycles. The second-order valence-electron chi connectivity index (χ2n) is 9.60. The van der Waals surface area contributed by atoms with E-state index in [2.05, 4.69) is 29.8 Å². The summed E-state index contributed by atoms with van der Waals surface area (Å²) in [7, 11) is 0. The summed E-state index contributed by atoms with van der Waals surface area (Å²) in [6, 6.07) is -1.13. The zero-order valence-corrected chi connectivity index (χ0v) is 22.4. The number of hydrogen-bond acceptors (Lipinski definition) is 8. The first-order valence-electron chi connectivity index (χ1n) is 12.3. The molecule has 0 aromatic rings. The van der Waals surface area contributed by atoms with Gasteiger partial charge in [-0.15, -0.1) is 0 Å². The number of rotatable bonds is 21. The van der Waals surface area contributed by atoms with Crippen molar-refractivity contribution in [2.45, 2.75) is 53.5 Å². The van der Waals surface area contributed by atoms with Gasteiger partial charge in [-0.1, -0.05) is 34.6 Å². The number of hydrogen-bond donors (Lipinski definition) is 4. The molecule has 0 saturated heterocycles. The van der Waals surface area contributed by atoms with Crippen molar-refractivity contribution in [3.05, 3.63) is 0 Å². The van der Waals surface area contributed by atoms with Gasteiger partial charge in [-0.3, -0.25) is 14.4 Å². The molecule has 0 bridgehead atoms. The molecule has 3 amide bonds. The van der Waals surface area contributed by atoms with Gasteiger partial charge in [-0.2, -0.15) is 0 Å². The summed E-state index contributed by atoms with van der Waals surface area (Å²) in [5.74, 6) is -1.68. The lowest BCUT2D eigenvalue weighted by atomic mass is 9.95. The molecule has 36 heavy (non-hydrogen) atoms. The maximum absolute atomic E-state index is 12.0. The van der Waals surface area contributed by atoms with Gasteiger partial charge in [0.2, 0.25) is 17.7 Å². The van der Waals surface area contributed by atoms with Crippen LogP contribution in [0.2, 0.25) is 0 Å². The van der Waals surface area contributed by atoms with E-state index in [1.54, 1.807) is 20.8 Å². The zero-order valence-electron chi connectivity index (χ0n) is 22.4. The first kappa shape index (κ1) is 33.7. The Balaban J connectivity index is 3.66. The summed E-state index contributed by atoms with van der Waals surface area (Å²) in [5, 5.41) is 17.0. The van der Waals surface area contributed by atoms with Crippen LogP contribution in [-0.4, -0.2) is 101 Å². The van der Waals surface area contributed by atoms with E-state index >= 15 is 0 Å². The number of carboxylic acids is 1. The molecule has 0 fully saturated rings. The van der Waals surface area contributed by atoms with E-state index < -0.39 is 23.3 Å². The topological polar surface area (TPSA) is 162 Å². The number of carbonyl (C=O) groups is 4. The van der Waals surface area contributed by atoms with Gasteiger partial charge < -0.3 is 40.0 Å². The van der Waals surface area contributed by atoms with Crippen molar-refractivity contribution in [1.29, 1.82) is 0 Å². The quantitative estimate of drug-likeness (QED) is 0.157. The van der Waals surface area contributed by atoms with Crippen LogP contribution in [0.5, 0.6) is 0 Å². The van der Waals surface area contributed by atoms with Crippen LogP contribution < -0.4 is 16.0 Å². The molecule has 0 saturated carbocycles. The lowest BCUT2D eigenvalue weighted by molar-refractivity contribution is -0.143. The predicted molar refractivity (Wildman–Crippen MR) is 132 cm³/mol. The Morgan fingerprint density at radius 1 is 0.778 bits per heavy atom. The lowest BCUT2D eigenvalue weighted by Crippen LogP contribution is -2.46. The third-order valence-electron chi connectivity index (χ3n) is 4.51. The molecule has 0 aliphatic heterocycles. The molecule has 12 nitrogen and oxygen atoms in total. The molecule has 0 heterocycles. The Morgan fingerprint density at radius 2 is 1.31 bits per heavy atom. The van der Waals surface area contributed by atoms with Crippen LogP contribution in [0.4, 0.5) is 0 Å². The Hall–Kier alpha value is -2.28. The number of amides is 3. The van der Waals surface area contributed by atoms with E-state index in [9.17, 15) is 24.3 Å². The first-order chi connectivity index (χ1) is 16.9. The van der Waals surface area contributed by atoms with Gasteiger partial charge in [0, 0.05) is 31.5 Å². The van der Waals surface area contributed by atoms with Crippen molar-refractivity contribution in [2.75, 3.05) is 65.9 Å². The minimum Gasteiger partial charge on any atom is -0.480 e. The fourth-order valence-electron chi connectivity index (χ4n) is 2.50. The predicted octanol–water partition coefficient (Wildman–Crippen LogP) is 0.337. The SMILES string of the molecule is CC(C)COCCOCCNC(=O)COCCOCCNC(=O)CC[C@H](NC(=O)C(C)(C)C)C(=O)O. The minimum absolute atomic E-state index is 0.0153. The van der Waals surface area contributed by atoms with Crippen LogP contribution in [0, 0.1) is 11.3 Å². The van der Waals surface area contributed by atoms with Gasteiger partial charge in [0.05, 0.1) is 39.6 Å². The van der Waals surface area contributed by atoms with E-state index in [4.69, 9.17) is 18.9 Å². The molecule has 4 N–H and O–H groups in total. The standard InChI is InChI=1S/C24H45N3O9/c1-18(2)16-35-14-12-34-11-9-26-21(29)17-36-15-13-33-10-8-25-20(28)7-6-19(22(30)31)27-23(32)24(3,4)5/h18-19H,6-17H2,1-5H3,(H,25,28)(H,26,29)(H,27,32)(H,30,31)/t19-/m0/s1. The van der Waals surface area contributed by atoms with Gasteiger partial charge in [0.1, 0.15) is 12.6 Å². The van der Waals surface area contributed by atoms with Crippen LogP contribution in [0.3, 0.4) is 0 Å². The molecule has 0 unspecified atom stereocenters. The molecule has 0 radical (unpaired) electrons. The number of carbonyl (C=O) groups excluding carboxylic acids is 3. The van der Waals surface area contributed by atoms with E-state index in [0.717, 1.165) is 0 Å². The summed E-state index contributed by atoms with van der Waals surface area (Å²) in [4.78, 5) is 46.8. The molecule has 0 aliphatic rings. The van der Waals surface area contributed by atoms with E-state index in [0.29, 0.717) is 38.9 Å². The summed E-state index contributed by atoms with van der Waals surface area (Å²) < 4.78 is 21.3. The Labute approximate surface area is 214 Å². The van der Waals surface area contributed by atoms with Crippen molar-refractivity contribution < 1.29 is 43.2 Å². The third kappa shape index (κ3) is 20.0. The Bertz CT molecular complexity index is 651. The summed E-state index contributed by atoms with van der Waals surface area (Å²) in [6.07, 6.45) is -0.0604. The van der Waals surface area contributed by atoms with E-state index in [1.807, 2.05) is 0 Å². The zero-order chi connectivity index (χ0) is 27.4. The maximum Gasteiger partial charge on any atom is 0.326 e. The number of nitrogens with one attached hydrogen (secondary N) is 3. The van der Waals surface area contributed by atoms with Crippen LogP contribution >= 0.6 is 0 Å². The van der Waals surface area contributed by atoms with Crippen molar-refractivity contribution in [3.8, 4) is 0 Å². The van der Waals surface area contributed by atoms with E-state index in [-0.39, 0.29) is 57.6 Å². The monoisotopic (exact) mass is 519 g/mol. The molecular formula is C24H45N3O9. The molecule has 210 valence electrons. The van der Waals surface area contributed by atoms with Crippen LogP contribution in [0.1, 0.15) is 47.5 Å². The average Bonchev–Trinajstić information content (AvgIpc) is 2.78. The summed E-state index contributed by atoms with van der Waals surface area (Å²) in [5.41, 5.74) is -0.724.